The van der Waals surface area contributed by atoms with Gasteiger partial charge in [0.05, 0.1) is 38.0 Å². The predicted octanol–water partition coefficient (Wildman–Crippen LogP) is 3.85. The van der Waals surface area contributed by atoms with Crippen LogP contribution in [0.3, 0.4) is 0 Å². The van der Waals surface area contributed by atoms with E-state index in [1.54, 1.807) is 57.4 Å². The van der Waals surface area contributed by atoms with Gasteiger partial charge >= 0.3 is 23.9 Å². The van der Waals surface area contributed by atoms with E-state index >= 15 is 0 Å². The van der Waals surface area contributed by atoms with Crippen LogP contribution in [0.1, 0.15) is 84.4 Å². The first-order chi connectivity index (χ1) is 23.0. The molecular weight excluding hydrogens is 624 g/mol. The van der Waals surface area contributed by atoms with Crippen LogP contribution in [-0.4, -0.2) is 78.4 Å². The molecule has 0 aliphatic heterocycles. The summed E-state index contributed by atoms with van der Waals surface area (Å²) in [5, 5.41) is 14.9. The molecule has 0 spiro atoms. The first kappa shape index (κ1) is 40.2. The van der Waals surface area contributed by atoms with Crippen molar-refractivity contribution in [2.45, 2.75) is 67.2 Å². The number of nitrogens with zero attached hydrogens (tertiary/aromatic N) is 8. The van der Waals surface area contributed by atoms with Crippen molar-refractivity contribution in [2.75, 3.05) is 14.2 Å². The highest BCUT2D eigenvalue weighted by Crippen LogP contribution is 2.07. The minimum Gasteiger partial charge on any atom is -0.464 e. The van der Waals surface area contributed by atoms with Crippen LogP contribution >= 0.6 is 0 Å². The smallest absolute Gasteiger partial charge is 0.376 e. The topological polar surface area (TPSA) is 208 Å². The Labute approximate surface area is 278 Å². The highest BCUT2D eigenvalue weighted by molar-refractivity contribution is 5.86. The van der Waals surface area contributed by atoms with Gasteiger partial charge in [-0.25, -0.2) is 29.5 Å². The van der Waals surface area contributed by atoms with Crippen molar-refractivity contribution in [1.29, 1.82) is 0 Å². The lowest BCUT2D eigenvalue weighted by atomic mass is 10.3. The molecule has 4 aromatic rings. The summed E-state index contributed by atoms with van der Waals surface area (Å²) in [7, 11) is 2.62. The van der Waals surface area contributed by atoms with Crippen molar-refractivity contribution in [1.82, 2.24) is 40.3 Å². The van der Waals surface area contributed by atoms with Crippen LogP contribution in [0, 0.1) is 13.8 Å². The Kier molecular flexibility index (Phi) is 19.0. The highest BCUT2D eigenvalue weighted by atomic mass is 16.5. The summed E-state index contributed by atoms with van der Waals surface area (Å²) in [5.41, 5.74) is 2.91. The summed E-state index contributed by atoms with van der Waals surface area (Å²) in [4.78, 5) is 58.7. The van der Waals surface area contributed by atoms with Gasteiger partial charge < -0.3 is 18.9 Å². The van der Waals surface area contributed by atoms with Crippen LogP contribution in [0.25, 0.3) is 0 Å². The number of esters is 4. The minimum atomic E-state index is -0.502. The highest BCUT2D eigenvalue weighted by Gasteiger charge is 2.08. The monoisotopic (exact) mass is 664 g/mol. The second-order valence-corrected chi connectivity index (χ2v) is 9.15. The molecule has 256 valence electrons. The molecule has 0 aliphatic carbocycles. The van der Waals surface area contributed by atoms with E-state index in [-0.39, 0.29) is 29.3 Å². The molecule has 0 unspecified atom stereocenters. The summed E-state index contributed by atoms with van der Waals surface area (Å²) in [6.45, 7) is 11.0. The zero-order chi connectivity index (χ0) is 35.9. The zero-order valence-corrected chi connectivity index (χ0v) is 28.3. The van der Waals surface area contributed by atoms with E-state index in [4.69, 9.17) is 9.47 Å². The van der Waals surface area contributed by atoms with Crippen molar-refractivity contribution in [3.8, 4) is 11.6 Å². The molecule has 48 heavy (non-hydrogen) atoms. The van der Waals surface area contributed by atoms with E-state index in [9.17, 15) is 19.2 Å². The minimum absolute atomic E-state index is 0.106. The van der Waals surface area contributed by atoms with Gasteiger partial charge in [-0.2, -0.15) is 10.2 Å². The van der Waals surface area contributed by atoms with E-state index in [2.05, 4.69) is 49.8 Å². The first-order valence-corrected chi connectivity index (χ1v) is 14.8. The van der Waals surface area contributed by atoms with Crippen LogP contribution in [0.2, 0.25) is 0 Å². The van der Waals surface area contributed by atoms with Crippen molar-refractivity contribution in [3.63, 3.8) is 0 Å². The van der Waals surface area contributed by atoms with Gasteiger partial charge in [0.1, 0.15) is 5.82 Å². The summed E-state index contributed by atoms with van der Waals surface area (Å²) in [6, 6.07) is 6.73. The number of hydrogen-bond donors (Lipinski definition) is 0. The molecular formula is C32H40N8O8. The molecule has 0 radical (unpaired) electrons. The lowest BCUT2D eigenvalue weighted by molar-refractivity contribution is -0.135. The van der Waals surface area contributed by atoms with Crippen molar-refractivity contribution in [2.24, 2.45) is 0 Å². The molecule has 0 bridgehead atoms. The normalized spacial score (nSPS) is 9.50. The Morgan fingerprint density at radius 1 is 0.625 bits per heavy atom. The molecule has 0 amide bonds. The fraction of sp³-hybridized carbons (Fsp3) is 0.375. The molecule has 0 saturated heterocycles. The summed E-state index contributed by atoms with van der Waals surface area (Å²) < 4.78 is 18.6. The van der Waals surface area contributed by atoms with Gasteiger partial charge in [-0.1, -0.05) is 27.7 Å². The van der Waals surface area contributed by atoms with Gasteiger partial charge in [0.15, 0.2) is 11.4 Å². The Morgan fingerprint density at radius 2 is 1.23 bits per heavy atom. The number of carbonyl (C=O) groups is 4. The number of carbonyl (C=O) groups excluding carboxylic acids is 4. The molecule has 0 N–H and O–H groups in total. The van der Waals surface area contributed by atoms with Gasteiger partial charge in [0.25, 0.3) is 0 Å². The largest absolute Gasteiger partial charge is 0.464 e. The van der Waals surface area contributed by atoms with Crippen molar-refractivity contribution >= 4 is 23.9 Å². The molecule has 0 atom stereocenters. The number of aromatic nitrogens is 8. The third-order valence-corrected chi connectivity index (χ3v) is 5.52. The van der Waals surface area contributed by atoms with Crippen LogP contribution in [-0.2, 0) is 31.9 Å². The molecule has 0 saturated carbocycles. The third-order valence-electron chi connectivity index (χ3n) is 5.52. The maximum atomic E-state index is 10.9. The van der Waals surface area contributed by atoms with Gasteiger partial charge in [0.2, 0.25) is 11.7 Å². The van der Waals surface area contributed by atoms with Gasteiger partial charge in [-0.3, -0.25) is 9.59 Å². The first-order valence-electron chi connectivity index (χ1n) is 14.8. The van der Waals surface area contributed by atoms with Gasteiger partial charge in [0, 0.05) is 31.3 Å². The average Bonchev–Trinajstić information content (AvgIpc) is 3.13. The number of hydrogen-bond acceptors (Lipinski definition) is 16. The van der Waals surface area contributed by atoms with Crippen LogP contribution in [0.5, 0.6) is 11.6 Å². The third kappa shape index (κ3) is 16.0. The summed E-state index contributed by atoms with van der Waals surface area (Å²) in [6.07, 6.45) is 8.59. The fourth-order valence-corrected chi connectivity index (χ4v) is 2.76. The number of rotatable bonds is 8. The summed E-state index contributed by atoms with van der Waals surface area (Å²) >= 11 is 0. The van der Waals surface area contributed by atoms with Crippen molar-refractivity contribution < 1.29 is 38.1 Å². The number of ether oxygens (including phenoxy) is 4. The van der Waals surface area contributed by atoms with E-state index in [0.717, 1.165) is 29.8 Å². The molecule has 4 rings (SSSR count). The predicted molar refractivity (Wildman–Crippen MR) is 171 cm³/mol. The lowest BCUT2D eigenvalue weighted by Crippen LogP contribution is -2.07. The van der Waals surface area contributed by atoms with E-state index in [1.807, 2.05) is 20.8 Å². The van der Waals surface area contributed by atoms with Crippen LogP contribution in [0.15, 0.2) is 49.1 Å². The molecule has 0 fully saturated rings. The van der Waals surface area contributed by atoms with Crippen molar-refractivity contribution in [3.05, 3.63) is 83.3 Å². The molecule has 4 aromatic heterocycles. The Morgan fingerprint density at radius 3 is 1.69 bits per heavy atom. The molecule has 0 aromatic carbocycles. The van der Waals surface area contributed by atoms with Gasteiger partial charge in [-0.05, 0) is 50.5 Å². The van der Waals surface area contributed by atoms with Gasteiger partial charge in [-0.15, -0.1) is 10.2 Å². The molecule has 0 aliphatic rings. The zero-order valence-electron chi connectivity index (χ0n) is 28.3. The van der Waals surface area contributed by atoms with E-state index in [1.165, 1.54) is 26.6 Å². The maximum Gasteiger partial charge on any atom is 0.376 e. The number of aryl methyl sites for hydroxylation is 4. The lowest BCUT2D eigenvalue weighted by Gasteiger charge is -2.00. The van der Waals surface area contributed by atoms with E-state index < -0.39 is 11.9 Å². The molecule has 16 heteroatoms. The fourth-order valence-electron chi connectivity index (χ4n) is 2.76. The number of methoxy groups -OCH3 is 2. The molecule has 16 nitrogen and oxygen atoms in total. The molecule has 4 heterocycles. The quantitative estimate of drug-likeness (QED) is 0.245. The standard InChI is InChI=1S/4C8H10N2O2/c1-3-6-4-9-7(10-5-6)8(11)12-2;1-3-8(11)12-7-4-9-6(2)10-5-7;1-3-6-4-5-7(10-9-6)8(11)12-2;1-3-8(11)12-7-5-4-6(2)9-10-7/h4*4-5H,3H2,1-2H3. The van der Waals surface area contributed by atoms with Crippen LogP contribution < -0.4 is 9.47 Å². The van der Waals surface area contributed by atoms with Crippen LogP contribution in [0.4, 0.5) is 0 Å². The second-order valence-electron chi connectivity index (χ2n) is 9.15. The summed E-state index contributed by atoms with van der Waals surface area (Å²) in [5.74, 6) is -0.112. The average molecular weight is 665 g/mol. The SMILES string of the molecule is CCC(=O)Oc1ccc(C)nn1.CCC(=O)Oc1cnc(C)nc1.CCc1ccc(C(=O)OC)nn1.CCc1cnc(C(=O)OC)nc1. The maximum absolute atomic E-state index is 10.9. The second kappa shape index (κ2) is 22.7. The Hall–Kier alpha value is -5.80. The van der Waals surface area contributed by atoms with E-state index in [0.29, 0.717) is 24.4 Å². The Balaban J connectivity index is 0.000000320. The Bertz CT molecular complexity index is 1430.